The molecule has 0 saturated heterocycles. The van der Waals surface area contributed by atoms with Gasteiger partial charge in [-0.25, -0.2) is 0 Å². The molecule has 1 N–H and O–H groups in total. The van der Waals surface area contributed by atoms with E-state index in [1.807, 2.05) is 60.7 Å². The first kappa shape index (κ1) is 18.3. The highest BCUT2D eigenvalue weighted by atomic mass is 35.5. The average molecular weight is 386 g/mol. The number of halogens is 2. The van der Waals surface area contributed by atoms with Gasteiger partial charge in [0.05, 0.1) is 11.1 Å². The van der Waals surface area contributed by atoms with Gasteiger partial charge in [-0.3, -0.25) is 4.79 Å². The Bertz CT molecular complexity index is 830. The second-order valence-corrected chi connectivity index (χ2v) is 6.53. The first-order chi connectivity index (χ1) is 12.6. The number of benzene rings is 3. The lowest BCUT2D eigenvalue weighted by Gasteiger charge is -2.20. The van der Waals surface area contributed by atoms with Crippen LogP contribution in [0.4, 0.5) is 0 Å². The Hall–Kier alpha value is -2.49. The fraction of sp³-hybridized carbons (Fsp3) is 0.0952. The summed E-state index contributed by atoms with van der Waals surface area (Å²) in [7, 11) is 0. The van der Waals surface area contributed by atoms with E-state index in [0.29, 0.717) is 15.8 Å². The van der Waals surface area contributed by atoms with Crippen molar-refractivity contribution >= 4 is 29.1 Å². The van der Waals surface area contributed by atoms with Crippen molar-refractivity contribution in [3.63, 3.8) is 0 Å². The predicted octanol–water partition coefficient (Wildman–Crippen LogP) is 5.28. The van der Waals surface area contributed by atoms with Crippen LogP contribution in [0.15, 0.2) is 78.9 Å². The maximum atomic E-state index is 12.5. The number of ether oxygens (including phenoxy) is 1. The Morgan fingerprint density at radius 1 is 0.885 bits per heavy atom. The minimum absolute atomic E-state index is 0.157. The summed E-state index contributed by atoms with van der Waals surface area (Å²) < 4.78 is 5.52. The van der Waals surface area contributed by atoms with Crippen molar-refractivity contribution < 1.29 is 9.53 Å². The quantitative estimate of drug-likeness (QED) is 0.626. The van der Waals surface area contributed by atoms with Crippen molar-refractivity contribution in [2.75, 3.05) is 6.61 Å². The van der Waals surface area contributed by atoms with Crippen LogP contribution in [0.2, 0.25) is 10.0 Å². The van der Waals surface area contributed by atoms with E-state index in [-0.39, 0.29) is 18.6 Å². The summed E-state index contributed by atoms with van der Waals surface area (Å²) in [6, 6.07) is 24.2. The van der Waals surface area contributed by atoms with Crippen molar-refractivity contribution in [2.45, 2.75) is 6.04 Å². The normalized spacial score (nSPS) is 10.6. The summed E-state index contributed by atoms with van der Waals surface area (Å²) in [5.74, 6) is 0.129. The standard InChI is InChI=1S/C21H17Cl2NO2/c22-17-11-12-18(23)19(13-17)26-14-20(25)24-21(15-7-3-1-4-8-15)16-9-5-2-6-10-16/h1-13,21H,14H2,(H,24,25). The number of carbonyl (C=O) groups is 1. The van der Waals surface area contributed by atoms with E-state index in [2.05, 4.69) is 5.32 Å². The van der Waals surface area contributed by atoms with Crippen LogP contribution in [0.3, 0.4) is 0 Å². The lowest BCUT2D eigenvalue weighted by atomic mass is 9.99. The van der Waals surface area contributed by atoms with Crippen LogP contribution in [0.5, 0.6) is 5.75 Å². The molecule has 3 aromatic rings. The van der Waals surface area contributed by atoms with Crippen LogP contribution in [-0.4, -0.2) is 12.5 Å². The van der Waals surface area contributed by atoms with Crippen molar-refractivity contribution in [2.24, 2.45) is 0 Å². The first-order valence-corrected chi connectivity index (χ1v) is 8.86. The van der Waals surface area contributed by atoms with Gasteiger partial charge in [-0.2, -0.15) is 0 Å². The topological polar surface area (TPSA) is 38.3 Å². The Labute approximate surface area is 162 Å². The third-order valence-corrected chi connectivity index (χ3v) is 4.37. The molecule has 0 aliphatic rings. The molecule has 0 aromatic heterocycles. The van der Waals surface area contributed by atoms with Gasteiger partial charge in [-0.1, -0.05) is 83.9 Å². The van der Waals surface area contributed by atoms with Gasteiger partial charge >= 0.3 is 0 Å². The molecule has 132 valence electrons. The molecule has 3 rings (SSSR count). The highest BCUT2D eigenvalue weighted by Crippen LogP contribution is 2.27. The molecule has 0 aliphatic heterocycles. The molecule has 3 aromatic carbocycles. The van der Waals surface area contributed by atoms with Gasteiger partial charge < -0.3 is 10.1 Å². The average Bonchev–Trinajstić information content (AvgIpc) is 2.68. The van der Waals surface area contributed by atoms with E-state index in [1.165, 1.54) is 0 Å². The number of rotatable bonds is 6. The molecule has 5 heteroatoms. The molecular formula is C21H17Cl2NO2. The monoisotopic (exact) mass is 385 g/mol. The lowest BCUT2D eigenvalue weighted by molar-refractivity contribution is -0.123. The van der Waals surface area contributed by atoms with Gasteiger partial charge in [0, 0.05) is 11.1 Å². The molecule has 0 bridgehead atoms. The summed E-state index contributed by atoms with van der Waals surface area (Å²) in [5, 5.41) is 3.92. The zero-order valence-corrected chi connectivity index (χ0v) is 15.4. The number of amides is 1. The van der Waals surface area contributed by atoms with Gasteiger partial charge in [0.25, 0.3) is 5.91 Å². The zero-order chi connectivity index (χ0) is 18.4. The maximum absolute atomic E-state index is 12.5. The summed E-state index contributed by atoms with van der Waals surface area (Å²) in [5.41, 5.74) is 1.99. The molecule has 0 heterocycles. The molecule has 0 radical (unpaired) electrons. The van der Waals surface area contributed by atoms with Crippen LogP contribution in [0, 0.1) is 0 Å². The summed E-state index contributed by atoms with van der Waals surface area (Å²) in [6.45, 7) is -0.157. The smallest absolute Gasteiger partial charge is 0.258 e. The molecule has 0 atom stereocenters. The van der Waals surface area contributed by atoms with Crippen molar-refractivity contribution in [3.05, 3.63) is 100 Å². The van der Waals surface area contributed by atoms with E-state index in [1.54, 1.807) is 18.2 Å². The van der Waals surface area contributed by atoms with Crippen LogP contribution in [0.1, 0.15) is 17.2 Å². The molecular weight excluding hydrogens is 369 g/mol. The number of nitrogens with one attached hydrogen (secondary N) is 1. The molecule has 0 fully saturated rings. The van der Waals surface area contributed by atoms with Crippen molar-refractivity contribution in [1.29, 1.82) is 0 Å². The SMILES string of the molecule is O=C(COc1cc(Cl)ccc1Cl)NC(c1ccccc1)c1ccccc1. The highest BCUT2D eigenvalue weighted by Gasteiger charge is 2.17. The molecule has 0 unspecified atom stereocenters. The molecule has 1 amide bonds. The number of hydrogen-bond acceptors (Lipinski definition) is 2. The van der Waals surface area contributed by atoms with Crippen LogP contribution in [0.25, 0.3) is 0 Å². The van der Waals surface area contributed by atoms with Crippen molar-refractivity contribution in [3.8, 4) is 5.75 Å². The Balaban J connectivity index is 1.72. The Morgan fingerprint density at radius 3 is 2.04 bits per heavy atom. The Morgan fingerprint density at radius 2 is 1.46 bits per heavy atom. The molecule has 26 heavy (non-hydrogen) atoms. The van der Waals surface area contributed by atoms with Gasteiger partial charge in [0.1, 0.15) is 5.75 Å². The third-order valence-electron chi connectivity index (χ3n) is 3.82. The third kappa shape index (κ3) is 4.78. The molecule has 0 aliphatic carbocycles. The zero-order valence-electron chi connectivity index (χ0n) is 13.9. The van der Waals surface area contributed by atoms with E-state index < -0.39 is 0 Å². The lowest BCUT2D eigenvalue weighted by Crippen LogP contribution is -2.33. The van der Waals surface area contributed by atoms with Crippen molar-refractivity contribution in [1.82, 2.24) is 5.32 Å². The van der Waals surface area contributed by atoms with Gasteiger partial charge in [-0.05, 0) is 23.3 Å². The summed E-state index contributed by atoms with van der Waals surface area (Å²) in [6.07, 6.45) is 0. The van der Waals surface area contributed by atoms with E-state index in [4.69, 9.17) is 27.9 Å². The second-order valence-electron chi connectivity index (χ2n) is 5.69. The molecule has 3 nitrogen and oxygen atoms in total. The fourth-order valence-electron chi connectivity index (χ4n) is 2.58. The fourth-order valence-corrected chi connectivity index (χ4v) is 2.92. The molecule has 0 saturated carbocycles. The minimum Gasteiger partial charge on any atom is -0.482 e. The second kappa shape index (κ2) is 8.75. The largest absolute Gasteiger partial charge is 0.482 e. The number of carbonyl (C=O) groups excluding carboxylic acids is 1. The predicted molar refractivity (Wildman–Crippen MR) is 105 cm³/mol. The minimum atomic E-state index is -0.261. The van der Waals surface area contributed by atoms with E-state index in [9.17, 15) is 4.79 Å². The maximum Gasteiger partial charge on any atom is 0.258 e. The van der Waals surface area contributed by atoms with E-state index >= 15 is 0 Å². The number of hydrogen-bond donors (Lipinski definition) is 1. The van der Waals surface area contributed by atoms with Gasteiger partial charge in [0.2, 0.25) is 0 Å². The summed E-state index contributed by atoms with van der Waals surface area (Å²) >= 11 is 12.0. The first-order valence-electron chi connectivity index (χ1n) is 8.10. The summed E-state index contributed by atoms with van der Waals surface area (Å²) in [4.78, 5) is 12.5. The van der Waals surface area contributed by atoms with Crippen LogP contribution in [-0.2, 0) is 4.79 Å². The van der Waals surface area contributed by atoms with Crippen LogP contribution < -0.4 is 10.1 Å². The van der Waals surface area contributed by atoms with Crippen LogP contribution >= 0.6 is 23.2 Å². The molecule has 0 spiro atoms. The van der Waals surface area contributed by atoms with Gasteiger partial charge in [0.15, 0.2) is 6.61 Å². The Kier molecular flexibility index (Phi) is 6.16. The van der Waals surface area contributed by atoms with Gasteiger partial charge in [-0.15, -0.1) is 0 Å². The van der Waals surface area contributed by atoms with E-state index in [0.717, 1.165) is 11.1 Å². The highest BCUT2D eigenvalue weighted by molar-refractivity contribution is 6.34.